The number of nitrogens with one attached hydrogen (secondary N) is 1. The lowest BCUT2D eigenvalue weighted by atomic mass is 10.4. The van der Waals surface area contributed by atoms with Gasteiger partial charge in [-0.25, -0.2) is 13.4 Å². The lowest BCUT2D eigenvalue weighted by Crippen LogP contribution is -2.12. The second-order valence-electron chi connectivity index (χ2n) is 3.03. The fraction of sp³-hybridized carbons (Fsp3) is 0. The first-order valence-electron chi connectivity index (χ1n) is 4.37. The van der Waals surface area contributed by atoms with Crippen molar-refractivity contribution in [3.63, 3.8) is 0 Å². The third kappa shape index (κ3) is 3.27. The maximum atomic E-state index is 12.0. The average molecular weight is 398 g/mol. The molecule has 0 saturated carbocycles. The van der Waals surface area contributed by atoms with E-state index in [9.17, 15) is 8.42 Å². The van der Waals surface area contributed by atoms with Crippen LogP contribution in [-0.4, -0.2) is 13.4 Å². The first-order chi connectivity index (χ1) is 7.97. The molecule has 1 heterocycles. The molecule has 0 spiro atoms. The number of hydrogen-bond donors (Lipinski definition) is 1. The molecule has 1 aromatic carbocycles. The molecule has 0 atom stereocenters. The predicted molar refractivity (Wildman–Crippen MR) is 74.8 cm³/mol. The number of sulfonamides is 1. The summed E-state index contributed by atoms with van der Waals surface area (Å²) >= 11 is 7.67. The van der Waals surface area contributed by atoms with Crippen LogP contribution >= 0.6 is 43.2 Å². The molecule has 0 aliphatic carbocycles. The van der Waals surface area contributed by atoms with Gasteiger partial charge in [-0.2, -0.15) is 0 Å². The molecule has 2 rings (SSSR count). The molecule has 0 aliphatic rings. The Morgan fingerprint density at radius 3 is 2.65 bits per heavy atom. The van der Waals surface area contributed by atoms with E-state index in [1.54, 1.807) is 18.3 Å². The van der Waals surface area contributed by atoms with Gasteiger partial charge < -0.3 is 0 Å². The van der Waals surface area contributed by atoms with Crippen LogP contribution in [0, 0.1) is 0 Å². The Balaban J connectivity index is 2.31. The van der Waals surface area contributed by atoms with E-state index in [2.05, 4.69) is 41.6 Å². The standard InChI is InChI=1S/C9H6Br2N2O2S2/c10-6-2-1-3-7(4-6)17(14,15)13-9-12-5-8(11)16-9/h1-5H,(H,12,13). The van der Waals surface area contributed by atoms with Crippen molar-refractivity contribution in [3.05, 3.63) is 38.7 Å². The molecule has 90 valence electrons. The van der Waals surface area contributed by atoms with Gasteiger partial charge >= 0.3 is 0 Å². The van der Waals surface area contributed by atoms with Crippen LogP contribution in [0.25, 0.3) is 0 Å². The zero-order valence-electron chi connectivity index (χ0n) is 8.22. The maximum absolute atomic E-state index is 12.0. The molecule has 0 amide bonds. The molecule has 2 aromatic rings. The van der Waals surface area contributed by atoms with E-state index >= 15 is 0 Å². The van der Waals surface area contributed by atoms with Gasteiger partial charge in [-0.1, -0.05) is 33.3 Å². The normalized spacial score (nSPS) is 11.4. The fourth-order valence-electron chi connectivity index (χ4n) is 1.11. The van der Waals surface area contributed by atoms with E-state index in [0.29, 0.717) is 9.60 Å². The minimum Gasteiger partial charge on any atom is -0.255 e. The van der Waals surface area contributed by atoms with E-state index in [0.717, 1.165) is 3.79 Å². The quantitative estimate of drug-likeness (QED) is 0.862. The summed E-state index contributed by atoms with van der Waals surface area (Å²) in [5.74, 6) is 0. The van der Waals surface area contributed by atoms with Crippen LogP contribution in [0.1, 0.15) is 0 Å². The van der Waals surface area contributed by atoms with Crippen molar-refractivity contribution in [2.75, 3.05) is 4.72 Å². The molecule has 8 heteroatoms. The van der Waals surface area contributed by atoms with Crippen LogP contribution in [-0.2, 0) is 10.0 Å². The van der Waals surface area contributed by atoms with Crippen molar-refractivity contribution in [2.45, 2.75) is 4.90 Å². The molecule has 0 unspecified atom stereocenters. The first-order valence-corrected chi connectivity index (χ1v) is 8.26. The number of rotatable bonds is 3. The summed E-state index contributed by atoms with van der Waals surface area (Å²) in [6.45, 7) is 0. The van der Waals surface area contributed by atoms with Gasteiger partial charge in [0.1, 0.15) is 0 Å². The zero-order valence-corrected chi connectivity index (χ0v) is 13.0. The van der Waals surface area contributed by atoms with Crippen LogP contribution in [0.5, 0.6) is 0 Å². The van der Waals surface area contributed by atoms with Crippen molar-refractivity contribution in [3.8, 4) is 0 Å². The smallest absolute Gasteiger partial charge is 0.255 e. The van der Waals surface area contributed by atoms with Gasteiger partial charge in [0.25, 0.3) is 10.0 Å². The van der Waals surface area contributed by atoms with Gasteiger partial charge in [0.05, 0.1) is 14.9 Å². The molecule has 1 N–H and O–H groups in total. The SMILES string of the molecule is O=S(=O)(Nc1ncc(Br)s1)c1cccc(Br)c1. The minimum absolute atomic E-state index is 0.193. The highest BCUT2D eigenvalue weighted by Crippen LogP contribution is 2.26. The summed E-state index contributed by atoms with van der Waals surface area (Å²) < 4.78 is 27.9. The Kier molecular flexibility index (Phi) is 3.86. The molecule has 0 bridgehead atoms. The van der Waals surface area contributed by atoms with E-state index in [1.165, 1.54) is 23.5 Å². The second-order valence-corrected chi connectivity index (χ2v) is 8.04. The van der Waals surface area contributed by atoms with Crippen molar-refractivity contribution >= 4 is 58.4 Å². The number of aromatic nitrogens is 1. The Labute approximate surface area is 119 Å². The van der Waals surface area contributed by atoms with Crippen LogP contribution in [0.2, 0.25) is 0 Å². The number of hydrogen-bond acceptors (Lipinski definition) is 4. The molecule has 0 fully saturated rings. The molecule has 0 aliphatic heterocycles. The summed E-state index contributed by atoms with van der Waals surface area (Å²) in [7, 11) is -3.58. The third-order valence-corrected chi connectivity index (χ3v) is 5.16. The fourth-order valence-corrected chi connectivity index (χ4v) is 4.05. The molecule has 17 heavy (non-hydrogen) atoms. The topological polar surface area (TPSA) is 59.1 Å². The summed E-state index contributed by atoms with van der Waals surface area (Å²) in [5.41, 5.74) is 0. The largest absolute Gasteiger partial charge is 0.263 e. The highest BCUT2D eigenvalue weighted by atomic mass is 79.9. The van der Waals surface area contributed by atoms with Gasteiger partial charge in [0, 0.05) is 4.47 Å². The Hall–Kier alpha value is -0.440. The lowest BCUT2D eigenvalue weighted by Gasteiger charge is -2.04. The Morgan fingerprint density at radius 2 is 2.06 bits per heavy atom. The number of nitrogens with zero attached hydrogens (tertiary/aromatic N) is 1. The van der Waals surface area contributed by atoms with Crippen molar-refractivity contribution < 1.29 is 8.42 Å². The molecular formula is C9H6Br2N2O2S2. The van der Waals surface area contributed by atoms with Gasteiger partial charge in [0.15, 0.2) is 5.13 Å². The van der Waals surface area contributed by atoms with Crippen molar-refractivity contribution in [1.29, 1.82) is 0 Å². The summed E-state index contributed by atoms with van der Waals surface area (Å²) in [4.78, 5) is 4.11. The van der Waals surface area contributed by atoms with E-state index < -0.39 is 10.0 Å². The number of benzene rings is 1. The minimum atomic E-state index is -3.58. The zero-order chi connectivity index (χ0) is 12.5. The van der Waals surface area contributed by atoms with Gasteiger partial charge in [-0.05, 0) is 34.1 Å². The van der Waals surface area contributed by atoms with E-state index in [4.69, 9.17) is 0 Å². The van der Waals surface area contributed by atoms with Crippen LogP contribution in [0.3, 0.4) is 0 Å². The van der Waals surface area contributed by atoms with E-state index in [1.807, 2.05) is 0 Å². The number of anilines is 1. The Morgan fingerprint density at radius 1 is 1.29 bits per heavy atom. The number of thiazole rings is 1. The lowest BCUT2D eigenvalue weighted by molar-refractivity contribution is 0.601. The molecule has 0 radical (unpaired) electrons. The van der Waals surface area contributed by atoms with Crippen LogP contribution in [0.4, 0.5) is 5.13 Å². The summed E-state index contributed by atoms with van der Waals surface area (Å²) in [6, 6.07) is 6.48. The molecule has 4 nitrogen and oxygen atoms in total. The summed E-state index contributed by atoms with van der Waals surface area (Å²) in [5, 5.41) is 0.330. The van der Waals surface area contributed by atoms with Crippen molar-refractivity contribution in [1.82, 2.24) is 4.98 Å². The number of halogens is 2. The van der Waals surface area contributed by atoms with Gasteiger partial charge in [0.2, 0.25) is 0 Å². The maximum Gasteiger partial charge on any atom is 0.263 e. The van der Waals surface area contributed by atoms with Gasteiger partial charge in [-0.3, -0.25) is 4.72 Å². The van der Waals surface area contributed by atoms with Crippen LogP contribution in [0.15, 0.2) is 43.6 Å². The molecule has 1 aromatic heterocycles. The third-order valence-electron chi connectivity index (χ3n) is 1.81. The highest BCUT2D eigenvalue weighted by Gasteiger charge is 2.15. The monoisotopic (exact) mass is 396 g/mol. The predicted octanol–water partition coefficient (Wildman–Crippen LogP) is 3.47. The van der Waals surface area contributed by atoms with Crippen molar-refractivity contribution in [2.24, 2.45) is 0 Å². The highest BCUT2D eigenvalue weighted by molar-refractivity contribution is 9.11. The second kappa shape index (κ2) is 5.05. The summed E-state index contributed by atoms with van der Waals surface area (Å²) in [6.07, 6.45) is 1.55. The first kappa shape index (κ1) is 13.0. The van der Waals surface area contributed by atoms with E-state index in [-0.39, 0.29) is 4.90 Å². The van der Waals surface area contributed by atoms with Crippen LogP contribution < -0.4 is 4.72 Å². The molecular weight excluding hydrogens is 392 g/mol. The van der Waals surface area contributed by atoms with Gasteiger partial charge in [-0.15, -0.1) is 0 Å². The average Bonchev–Trinajstić information content (AvgIpc) is 2.63. The molecule has 0 saturated heterocycles. The Bertz CT molecular complexity index is 640.